The average Bonchev–Trinajstić information content (AvgIpc) is 3.10. The summed E-state index contributed by atoms with van der Waals surface area (Å²) < 4.78 is 10.7. The molecule has 1 atom stereocenters. The molecule has 0 aliphatic carbocycles. The number of aromatic nitrogens is 2. The van der Waals surface area contributed by atoms with E-state index in [2.05, 4.69) is 45.9 Å². The molecule has 3 rings (SSSR count). The number of anilines is 1. The normalized spacial score (nSPS) is 17.0. The smallest absolute Gasteiger partial charge is 0.243 e. The van der Waals surface area contributed by atoms with Gasteiger partial charge in [-0.3, -0.25) is 4.90 Å². The lowest BCUT2D eigenvalue weighted by molar-refractivity contribution is 0.164. The molecule has 2 heterocycles. The van der Waals surface area contributed by atoms with E-state index in [4.69, 9.17) is 9.26 Å². The highest BCUT2D eigenvalue weighted by molar-refractivity contribution is 5.49. The van der Waals surface area contributed by atoms with Crippen LogP contribution in [0.1, 0.15) is 38.0 Å². The minimum absolute atomic E-state index is 0.168. The third-order valence-corrected chi connectivity index (χ3v) is 4.61. The molecule has 0 unspecified atom stereocenters. The van der Waals surface area contributed by atoms with Crippen LogP contribution in [0.15, 0.2) is 28.8 Å². The standard InChI is InChI=1S/C18H26N4O2/c1-4-5-17-19-18(24-20-17)14(2)21-10-12-22(13-11-21)15-6-8-16(23-3)9-7-15/h6-9,14H,4-5,10-13H2,1-3H3/t14-/m1/s1. The third kappa shape index (κ3) is 3.70. The van der Waals surface area contributed by atoms with Crippen molar-refractivity contribution in [2.75, 3.05) is 38.2 Å². The van der Waals surface area contributed by atoms with Crippen molar-refractivity contribution in [1.82, 2.24) is 15.0 Å². The molecule has 0 N–H and O–H groups in total. The van der Waals surface area contributed by atoms with Crippen molar-refractivity contribution in [2.45, 2.75) is 32.7 Å². The van der Waals surface area contributed by atoms with E-state index in [1.807, 2.05) is 12.1 Å². The van der Waals surface area contributed by atoms with E-state index >= 15 is 0 Å². The fourth-order valence-corrected chi connectivity index (χ4v) is 3.08. The van der Waals surface area contributed by atoms with Crippen molar-refractivity contribution in [2.24, 2.45) is 0 Å². The summed E-state index contributed by atoms with van der Waals surface area (Å²) in [6, 6.07) is 8.43. The number of nitrogens with zero attached hydrogens (tertiary/aromatic N) is 4. The topological polar surface area (TPSA) is 54.6 Å². The first-order valence-corrected chi connectivity index (χ1v) is 8.66. The number of aryl methyl sites for hydroxylation is 1. The second-order valence-electron chi connectivity index (χ2n) is 6.20. The van der Waals surface area contributed by atoms with Crippen LogP contribution in [0.4, 0.5) is 5.69 Å². The Kier molecular flexibility index (Phi) is 5.35. The third-order valence-electron chi connectivity index (χ3n) is 4.61. The molecular weight excluding hydrogens is 304 g/mol. The molecule has 0 saturated carbocycles. The molecule has 0 radical (unpaired) electrons. The van der Waals surface area contributed by atoms with Crippen LogP contribution >= 0.6 is 0 Å². The Bertz CT molecular complexity index is 633. The van der Waals surface area contributed by atoms with Gasteiger partial charge < -0.3 is 14.2 Å². The maximum Gasteiger partial charge on any atom is 0.243 e. The van der Waals surface area contributed by atoms with Crippen LogP contribution in [0.3, 0.4) is 0 Å². The van der Waals surface area contributed by atoms with Crippen molar-refractivity contribution in [3.05, 3.63) is 36.0 Å². The number of rotatable bonds is 6. The summed E-state index contributed by atoms with van der Waals surface area (Å²) >= 11 is 0. The average molecular weight is 330 g/mol. The molecule has 6 nitrogen and oxygen atoms in total. The maximum absolute atomic E-state index is 5.44. The summed E-state index contributed by atoms with van der Waals surface area (Å²) in [7, 11) is 1.69. The van der Waals surface area contributed by atoms with Crippen LogP contribution < -0.4 is 9.64 Å². The van der Waals surface area contributed by atoms with Crippen LogP contribution in [0, 0.1) is 0 Å². The van der Waals surface area contributed by atoms with Gasteiger partial charge in [-0.05, 0) is 37.6 Å². The predicted octanol–water partition coefficient (Wildman–Crippen LogP) is 2.91. The van der Waals surface area contributed by atoms with Gasteiger partial charge in [0.15, 0.2) is 5.82 Å². The van der Waals surface area contributed by atoms with E-state index in [-0.39, 0.29) is 6.04 Å². The minimum atomic E-state index is 0.168. The first-order chi connectivity index (χ1) is 11.7. The summed E-state index contributed by atoms with van der Waals surface area (Å²) in [5.41, 5.74) is 1.24. The van der Waals surface area contributed by atoms with E-state index in [1.165, 1.54) is 5.69 Å². The lowest BCUT2D eigenvalue weighted by atomic mass is 10.2. The fraction of sp³-hybridized carbons (Fsp3) is 0.556. The number of hydrogen-bond donors (Lipinski definition) is 0. The molecule has 1 aromatic carbocycles. The van der Waals surface area contributed by atoms with Crippen molar-refractivity contribution in [3.8, 4) is 5.75 Å². The summed E-state index contributed by atoms with van der Waals surface area (Å²) in [5.74, 6) is 2.44. The van der Waals surface area contributed by atoms with Crippen molar-refractivity contribution < 1.29 is 9.26 Å². The summed E-state index contributed by atoms with van der Waals surface area (Å²) in [4.78, 5) is 9.33. The first-order valence-electron chi connectivity index (χ1n) is 8.66. The van der Waals surface area contributed by atoms with Gasteiger partial charge in [0.05, 0.1) is 13.2 Å². The highest BCUT2D eigenvalue weighted by atomic mass is 16.5. The summed E-state index contributed by atoms with van der Waals surface area (Å²) in [6.07, 6.45) is 1.91. The molecule has 0 bridgehead atoms. The Labute approximate surface area is 143 Å². The summed E-state index contributed by atoms with van der Waals surface area (Å²) in [6.45, 7) is 8.22. The Balaban J connectivity index is 1.57. The van der Waals surface area contributed by atoms with Gasteiger partial charge in [-0.1, -0.05) is 12.1 Å². The molecule has 1 fully saturated rings. The highest BCUT2D eigenvalue weighted by Gasteiger charge is 2.25. The van der Waals surface area contributed by atoms with E-state index in [0.717, 1.165) is 56.5 Å². The molecule has 1 aliphatic rings. The molecule has 130 valence electrons. The van der Waals surface area contributed by atoms with Gasteiger partial charge in [0.25, 0.3) is 0 Å². The van der Waals surface area contributed by atoms with Crippen LogP contribution in [0.5, 0.6) is 5.75 Å². The van der Waals surface area contributed by atoms with Crippen LogP contribution in [0.2, 0.25) is 0 Å². The molecule has 2 aromatic rings. The fourth-order valence-electron chi connectivity index (χ4n) is 3.08. The lowest BCUT2D eigenvalue weighted by Crippen LogP contribution is -2.47. The van der Waals surface area contributed by atoms with E-state index in [0.29, 0.717) is 0 Å². The molecule has 0 spiro atoms. The van der Waals surface area contributed by atoms with Crippen molar-refractivity contribution in [3.63, 3.8) is 0 Å². The van der Waals surface area contributed by atoms with Gasteiger partial charge in [0, 0.05) is 38.3 Å². The summed E-state index contributed by atoms with van der Waals surface area (Å²) in [5, 5.41) is 4.07. The molecule has 0 amide bonds. The number of piperazine rings is 1. The zero-order chi connectivity index (χ0) is 16.9. The zero-order valence-corrected chi connectivity index (χ0v) is 14.7. The van der Waals surface area contributed by atoms with Crippen molar-refractivity contribution in [1.29, 1.82) is 0 Å². The highest BCUT2D eigenvalue weighted by Crippen LogP contribution is 2.24. The number of methoxy groups -OCH3 is 1. The second kappa shape index (κ2) is 7.66. The Hall–Kier alpha value is -2.08. The number of benzene rings is 1. The van der Waals surface area contributed by atoms with E-state index in [1.54, 1.807) is 7.11 Å². The minimum Gasteiger partial charge on any atom is -0.497 e. The second-order valence-corrected chi connectivity index (χ2v) is 6.20. The SMILES string of the molecule is CCCc1noc([C@@H](C)N2CCN(c3ccc(OC)cc3)CC2)n1. The van der Waals surface area contributed by atoms with Gasteiger partial charge in [0.1, 0.15) is 5.75 Å². The van der Waals surface area contributed by atoms with Gasteiger partial charge in [-0.15, -0.1) is 0 Å². The molecular formula is C18H26N4O2. The van der Waals surface area contributed by atoms with Gasteiger partial charge >= 0.3 is 0 Å². The van der Waals surface area contributed by atoms with Gasteiger partial charge in [0.2, 0.25) is 5.89 Å². The van der Waals surface area contributed by atoms with Crippen molar-refractivity contribution >= 4 is 5.69 Å². The van der Waals surface area contributed by atoms with Crippen LogP contribution in [-0.4, -0.2) is 48.3 Å². The van der Waals surface area contributed by atoms with E-state index in [9.17, 15) is 0 Å². The van der Waals surface area contributed by atoms with Crippen LogP contribution in [-0.2, 0) is 6.42 Å². The molecule has 1 aromatic heterocycles. The van der Waals surface area contributed by atoms with Gasteiger partial charge in [-0.2, -0.15) is 4.98 Å². The maximum atomic E-state index is 5.44. The monoisotopic (exact) mass is 330 g/mol. The number of hydrogen-bond acceptors (Lipinski definition) is 6. The zero-order valence-electron chi connectivity index (χ0n) is 14.7. The number of ether oxygens (including phenoxy) is 1. The molecule has 6 heteroatoms. The Morgan fingerprint density at radius 3 is 2.50 bits per heavy atom. The van der Waals surface area contributed by atoms with Crippen LogP contribution in [0.25, 0.3) is 0 Å². The largest absolute Gasteiger partial charge is 0.497 e. The molecule has 1 saturated heterocycles. The Morgan fingerprint density at radius 2 is 1.88 bits per heavy atom. The first kappa shape index (κ1) is 16.8. The lowest BCUT2D eigenvalue weighted by Gasteiger charge is -2.38. The molecule has 24 heavy (non-hydrogen) atoms. The predicted molar refractivity (Wildman–Crippen MR) is 93.5 cm³/mol. The van der Waals surface area contributed by atoms with Gasteiger partial charge in [-0.25, -0.2) is 0 Å². The van der Waals surface area contributed by atoms with E-state index < -0.39 is 0 Å². The molecule has 1 aliphatic heterocycles. The Morgan fingerprint density at radius 1 is 1.17 bits per heavy atom. The quantitative estimate of drug-likeness (QED) is 0.812.